The first kappa shape index (κ1) is 12.9. The molecule has 18 heavy (non-hydrogen) atoms. The maximum Gasteiger partial charge on any atom is 0.220 e. The second kappa shape index (κ2) is 5.89. The number of benzene rings is 1. The van der Waals surface area contributed by atoms with Crippen LogP contribution in [-0.2, 0) is 11.2 Å². The van der Waals surface area contributed by atoms with Gasteiger partial charge in [-0.25, -0.2) is 0 Å². The summed E-state index contributed by atoms with van der Waals surface area (Å²) in [4.78, 5) is 11.9. The third kappa shape index (κ3) is 3.25. The van der Waals surface area contributed by atoms with E-state index >= 15 is 0 Å². The quantitative estimate of drug-likeness (QED) is 0.802. The lowest BCUT2D eigenvalue weighted by molar-refractivity contribution is -0.121. The maximum absolute atomic E-state index is 11.9. The maximum atomic E-state index is 11.9. The molecule has 1 saturated carbocycles. The van der Waals surface area contributed by atoms with Crippen LogP contribution < -0.4 is 11.1 Å². The first-order valence-corrected chi connectivity index (χ1v) is 6.79. The number of anilines is 1. The number of hydrogen-bond acceptors (Lipinski definition) is 2. The molecule has 3 nitrogen and oxygen atoms in total. The molecule has 2 unspecified atom stereocenters. The highest BCUT2D eigenvalue weighted by Crippen LogP contribution is 2.24. The Kier molecular flexibility index (Phi) is 4.24. The molecule has 1 aliphatic carbocycles. The second-order valence-electron chi connectivity index (χ2n) is 5.28. The molecule has 2 rings (SSSR count). The summed E-state index contributed by atoms with van der Waals surface area (Å²) in [5.41, 5.74) is 7.70. The van der Waals surface area contributed by atoms with Crippen LogP contribution in [0.25, 0.3) is 0 Å². The zero-order valence-electron chi connectivity index (χ0n) is 11.0. The Balaban J connectivity index is 1.80. The van der Waals surface area contributed by atoms with Gasteiger partial charge in [-0.05, 0) is 36.8 Å². The summed E-state index contributed by atoms with van der Waals surface area (Å²) in [6, 6.07) is 8.13. The highest BCUT2D eigenvalue weighted by Gasteiger charge is 2.24. The minimum absolute atomic E-state index is 0.150. The van der Waals surface area contributed by atoms with E-state index in [-0.39, 0.29) is 5.91 Å². The van der Waals surface area contributed by atoms with E-state index in [1.54, 1.807) is 0 Å². The fraction of sp³-hybridized carbons (Fsp3) is 0.533. The molecule has 1 fully saturated rings. The van der Waals surface area contributed by atoms with Crippen molar-refractivity contribution in [2.45, 2.75) is 45.1 Å². The number of aryl methyl sites for hydroxylation is 1. The number of rotatable bonds is 4. The molecular weight excluding hydrogens is 224 g/mol. The topological polar surface area (TPSA) is 55.1 Å². The molecule has 3 heteroatoms. The zero-order valence-corrected chi connectivity index (χ0v) is 11.0. The monoisotopic (exact) mass is 246 g/mol. The molecule has 0 spiro atoms. The van der Waals surface area contributed by atoms with Crippen molar-refractivity contribution in [3.8, 4) is 0 Å². The van der Waals surface area contributed by atoms with Crippen LogP contribution in [0.15, 0.2) is 24.3 Å². The van der Waals surface area contributed by atoms with Crippen LogP contribution in [0.5, 0.6) is 0 Å². The average molecular weight is 246 g/mol. The fourth-order valence-electron chi connectivity index (χ4n) is 2.65. The molecule has 0 bridgehead atoms. The van der Waals surface area contributed by atoms with E-state index in [0.717, 1.165) is 24.1 Å². The lowest BCUT2D eigenvalue weighted by Gasteiger charge is -2.17. The Labute approximate surface area is 109 Å². The molecule has 1 aromatic rings. The Morgan fingerprint density at radius 2 is 2.17 bits per heavy atom. The molecule has 1 amide bonds. The van der Waals surface area contributed by atoms with Crippen molar-refractivity contribution < 1.29 is 4.79 Å². The van der Waals surface area contributed by atoms with Crippen LogP contribution in [0.2, 0.25) is 0 Å². The summed E-state index contributed by atoms with van der Waals surface area (Å²) in [6.45, 7) is 2.22. The summed E-state index contributed by atoms with van der Waals surface area (Å²) in [6.07, 6.45) is 4.84. The van der Waals surface area contributed by atoms with Crippen molar-refractivity contribution in [1.29, 1.82) is 0 Å². The summed E-state index contributed by atoms with van der Waals surface area (Å²) >= 11 is 0. The minimum atomic E-state index is 0.150. The van der Waals surface area contributed by atoms with E-state index in [0.29, 0.717) is 18.4 Å². The lowest BCUT2D eigenvalue weighted by atomic mass is 10.0. The molecule has 0 heterocycles. The Morgan fingerprint density at radius 1 is 1.39 bits per heavy atom. The molecule has 0 aromatic heterocycles. The molecule has 1 aliphatic rings. The molecule has 1 aromatic carbocycles. The van der Waals surface area contributed by atoms with Gasteiger partial charge in [0.05, 0.1) is 0 Å². The number of para-hydroxylation sites is 1. The normalized spacial score (nSPS) is 22.9. The summed E-state index contributed by atoms with van der Waals surface area (Å²) < 4.78 is 0. The van der Waals surface area contributed by atoms with Gasteiger partial charge in [0, 0.05) is 18.2 Å². The minimum Gasteiger partial charge on any atom is -0.399 e. The molecule has 98 valence electrons. The lowest BCUT2D eigenvalue weighted by Crippen LogP contribution is -2.36. The van der Waals surface area contributed by atoms with Crippen molar-refractivity contribution in [3.63, 3.8) is 0 Å². The van der Waals surface area contributed by atoms with Gasteiger partial charge in [0.25, 0.3) is 0 Å². The largest absolute Gasteiger partial charge is 0.399 e. The number of carbonyl (C=O) groups excluding carboxylic acids is 1. The van der Waals surface area contributed by atoms with Gasteiger partial charge in [0.15, 0.2) is 0 Å². The van der Waals surface area contributed by atoms with Crippen LogP contribution in [0.3, 0.4) is 0 Å². The van der Waals surface area contributed by atoms with Crippen molar-refractivity contribution in [1.82, 2.24) is 5.32 Å². The van der Waals surface area contributed by atoms with Crippen LogP contribution in [0.4, 0.5) is 5.69 Å². The van der Waals surface area contributed by atoms with Gasteiger partial charge in [0.1, 0.15) is 0 Å². The fourth-order valence-corrected chi connectivity index (χ4v) is 2.65. The van der Waals surface area contributed by atoms with Crippen LogP contribution in [0, 0.1) is 5.92 Å². The number of nitrogens with one attached hydrogen (secondary N) is 1. The first-order chi connectivity index (χ1) is 8.66. The number of hydrogen-bond donors (Lipinski definition) is 2. The van der Waals surface area contributed by atoms with Gasteiger partial charge in [-0.1, -0.05) is 31.5 Å². The molecule has 0 radical (unpaired) electrons. The molecule has 0 aliphatic heterocycles. The Hall–Kier alpha value is -1.51. The van der Waals surface area contributed by atoms with Crippen molar-refractivity contribution in [2.75, 3.05) is 5.73 Å². The molecule has 0 saturated heterocycles. The van der Waals surface area contributed by atoms with Crippen LogP contribution in [0.1, 0.15) is 38.2 Å². The SMILES string of the molecule is CC1CCCC1NC(=O)CCc1ccccc1N. The van der Waals surface area contributed by atoms with Gasteiger partial charge in [-0.3, -0.25) is 4.79 Å². The number of carbonyl (C=O) groups is 1. The third-order valence-corrected chi connectivity index (χ3v) is 3.88. The van der Waals surface area contributed by atoms with Crippen molar-refractivity contribution in [2.24, 2.45) is 5.92 Å². The summed E-state index contributed by atoms with van der Waals surface area (Å²) in [5.74, 6) is 0.771. The third-order valence-electron chi connectivity index (χ3n) is 3.88. The van der Waals surface area contributed by atoms with Crippen molar-refractivity contribution in [3.05, 3.63) is 29.8 Å². The van der Waals surface area contributed by atoms with Crippen LogP contribution >= 0.6 is 0 Å². The summed E-state index contributed by atoms with van der Waals surface area (Å²) in [7, 11) is 0. The second-order valence-corrected chi connectivity index (χ2v) is 5.28. The predicted octanol–water partition coefficient (Wildman–Crippen LogP) is 2.51. The van der Waals surface area contributed by atoms with E-state index in [9.17, 15) is 4.79 Å². The average Bonchev–Trinajstić information content (AvgIpc) is 2.74. The van der Waals surface area contributed by atoms with Gasteiger partial charge in [-0.2, -0.15) is 0 Å². The van der Waals surface area contributed by atoms with Gasteiger partial charge in [-0.15, -0.1) is 0 Å². The van der Waals surface area contributed by atoms with Crippen molar-refractivity contribution >= 4 is 11.6 Å². The first-order valence-electron chi connectivity index (χ1n) is 6.79. The molecule has 2 atom stereocenters. The standard InChI is InChI=1S/C15H22N2O/c1-11-5-4-8-14(11)17-15(18)10-9-12-6-2-3-7-13(12)16/h2-3,6-7,11,14H,4-5,8-10,16H2,1H3,(H,17,18). The highest BCUT2D eigenvalue weighted by atomic mass is 16.1. The van der Waals surface area contributed by atoms with Gasteiger partial charge >= 0.3 is 0 Å². The Bertz CT molecular complexity index is 417. The molecule has 3 N–H and O–H groups in total. The van der Waals surface area contributed by atoms with Gasteiger partial charge in [0.2, 0.25) is 5.91 Å². The highest BCUT2D eigenvalue weighted by molar-refractivity contribution is 5.76. The smallest absolute Gasteiger partial charge is 0.220 e. The predicted molar refractivity (Wildman–Crippen MR) is 74.1 cm³/mol. The molecular formula is C15H22N2O. The van der Waals surface area contributed by atoms with E-state index in [1.165, 1.54) is 12.8 Å². The number of nitrogen functional groups attached to an aromatic ring is 1. The Morgan fingerprint density at radius 3 is 2.83 bits per heavy atom. The van der Waals surface area contributed by atoms with E-state index in [1.807, 2.05) is 24.3 Å². The van der Waals surface area contributed by atoms with E-state index in [2.05, 4.69) is 12.2 Å². The van der Waals surface area contributed by atoms with Gasteiger partial charge < -0.3 is 11.1 Å². The van der Waals surface area contributed by atoms with Crippen LogP contribution in [-0.4, -0.2) is 11.9 Å². The number of amides is 1. The zero-order chi connectivity index (χ0) is 13.0. The van der Waals surface area contributed by atoms with E-state index < -0.39 is 0 Å². The number of nitrogens with two attached hydrogens (primary N) is 1. The summed E-state index contributed by atoms with van der Waals surface area (Å²) in [5, 5.41) is 3.14. The van der Waals surface area contributed by atoms with E-state index in [4.69, 9.17) is 5.73 Å².